The van der Waals surface area contributed by atoms with Crippen LogP contribution in [0.25, 0.3) is 10.9 Å². The van der Waals surface area contributed by atoms with Gasteiger partial charge in [-0.05, 0) is 68.5 Å². The van der Waals surface area contributed by atoms with Crippen LogP contribution in [0.2, 0.25) is 0 Å². The maximum absolute atomic E-state index is 11.9. The van der Waals surface area contributed by atoms with E-state index in [4.69, 9.17) is 0 Å². The second kappa shape index (κ2) is 14.4. The molecule has 0 radical (unpaired) electrons. The van der Waals surface area contributed by atoms with E-state index in [9.17, 15) is 13.2 Å². The van der Waals surface area contributed by atoms with Crippen molar-refractivity contribution in [3.05, 3.63) is 93.7 Å². The van der Waals surface area contributed by atoms with Gasteiger partial charge in [-0.1, -0.05) is 86.0 Å². The summed E-state index contributed by atoms with van der Waals surface area (Å²) in [7, 11) is 0. The van der Waals surface area contributed by atoms with Crippen molar-refractivity contribution in [3.8, 4) is 0 Å². The summed E-state index contributed by atoms with van der Waals surface area (Å²) in [6, 6.07) is 15.5. The van der Waals surface area contributed by atoms with Crippen molar-refractivity contribution >= 4 is 32.5 Å². The monoisotopic (exact) mass is 574 g/mol. The fourth-order valence-electron chi connectivity index (χ4n) is 4.03. The number of hydrogen-bond acceptors (Lipinski definition) is 1. The molecule has 0 spiro atoms. The van der Waals surface area contributed by atoms with E-state index in [0.717, 1.165) is 41.7 Å². The number of hydrogen-bond donors (Lipinski definition) is 1. The molecule has 2 nitrogen and oxygen atoms in total. The Morgan fingerprint density at radius 1 is 1.11 bits per heavy atom. The van der Waals surface area contributed by atoms with Gasteiger partial charge in [-0.15, -0.1) is 0 Å². The molecule has 0 amide bonds. The fraction of sp³-hybridized carbons (Fsp3) is 0.387. The van der Waals surface area contributed by atoms with Crippen LogP contribution in [0.3, 0.4) is 0 Å². The number of unbranched alkanes of at least 4 members (excludes halogenated alkanes) is 1. The number of benzene rings is 2. The minimum atomic E-state index is -4.36. The van der Waals surface area contributed by atoms with Crippen LogP contribution < -0.4 is 0 Å². The van der Waals surface area contributed by atoms with Crippen LogP contribution in [-0.4, -0.2) is 16.9 Å². The molecule has 0 aliphatic carbocycles. The SMILES string of the molecule is C=C(/C=C\N=C(C)CCC)C(F)(F)F.CCCCc1c(C(C)c2ccc(C)cc2)[nH]c2ccc(Br)cc12. The molecule has 3 aromatic rings. The number of nitrogens with zero attached hydrogens (tertiary/aromatic N) is 1. The van der Waals surface area contributed by atoms with Gasteiger partial charge in [0.05, 0.1) is 0 Å². The Balaban J connectivity index is 0.000000298. The average molecular weight is 576 g/mol. The van der Waals surface area contributed by atoms with Gasteiger partial charge >= 0.3 is 6.18 Å². The Labute approximate surface area is 227 Å². The second-order valence-electron chi connectivity index (χ2n) is 9.40. The number of fused-ring (bicyclic) bond motifs is 1. The molecule has 0 saturated carbocycles. The Morgan fingerprint density at radius 2 is 1.78 bits per heavy atom. The van der Waals surface area contributed by atoms with E-state index in [2.05, 4.69) is 95.7 Å². The summed E-state index contributed by atoms with van der Waals surface area (Å²) in [5.74, 6) is 0.383. The first kappa shape index (κ1) is 30.6. The van der Waals surface area contributed by atoms with E-state index < -0.39 is 11.7 Å². The molecule has 0 bridgehead atoms. The van der Waals surface area contributed by atoms with Crippen molar-refractivity contribution in [1.82, 2.24) is 4.98 Å². The first-order valence-corrected chi connectivity index (χ1v) is 13.6. The highest BCUT2D eigenvalue weighted by Crippen LogP contribution is 2.34. The summed E-state index contributed by atoms with van der Waals surface area (Å²) in [5.41, 5.74) is 6.72. The number of aromatic nitrogens is 1. The topological polar surface area (TPSA) is 28.1 Å². The van der Waals surface area contributed by atoms with Gasteiger partial charge in [0.2, 0.25) is 0 Å². The number of nitrogens with one attached hydrogen (secondary N) is 1. The number of halogens is 4. The molecular weight excluding hydrogens is 537 g/mol. The number of alkyl halides is 3. The van der Waals surface area contributed by atoms with Crippen LogP contribution in [0, 0.1) is 6.92 Å². The maximum atomic E-state index is 11.9. The van der Waals surface area contributed by atoms with Crippen LogP contribution in [0.15, 0.2) is 76.4 Å². The third-order valence-electron chi connectivity index (χ3n) is 6.24. The van der Waals surface area contributed by atoms with Gasteiger partial charge in [-0.2, -0.15) is 13.2 Å². The molecule has 0 aliphatic rings. The molecule has 0 aliphatic heterocycles. The van der Waals surface area contributed by atoms with Gasteiger partial charge in [-0.3, -0.25) is 4.99 Å². The molecule has 1 aromatic heterocycles. The van der Waals surface area contributed by atoms with Crippen LogP contribution in [0.4, 0.5) is 13.2 Å². The summed E-state index contributed by atoms with van der Waals surface area (Å²) in [4.78, 5) is 7.53. The maximum Gasteiger partial charge on any atom is 0.415 e. The Hall–Kier alpha value is -2.60. The van der Waals surface area contributed by atoms with Crippen molar-refractivity contribution < 1.29 is 13.2 Å². The quantitative estimate of drug-likeness (QED) is 0.194. The molecule has 6 heteroatoms. The Kier molecular flexibility index (Phi) is 11.9. The molecule has 200 valence electrons. The Bertz CT molecular complexity index is 1220. The highest BCUT2D eigenvalue weighted by molar-refractivity contribution is 9.10. The van der Waals surface area contributed by atoms with Gasteiger partial charge in [0, 0.05) is 44.5 Å². The largest absolute Gasteiger partial charge is 0.415 e. The zero-order chi connectivity index (χ0) is 27.6. The number of aryl methyl sites for hydroxylation is 2. The molecule has 1 atom stereocenters. The summed E-state index contributed by atoms with van der Waals surface area (Å²) in [6.07, 6.45) is 2.97. The summed E-state index contributed by atoms with van der Waals surface area (Å²) < 4.78 is 36.9. The molecule has 3 rings (SSSR count). The summed E-state index contributed by atoms with van der Waals surface area (Å²) >= 11 is 3.62. The standard InChI is InChI=1S/C21H24BrN.C10H14F3N/c1-4-5-6-18-19-13-17(22)11-12-20(19)23-21(18)15(3)16-9-7-14(2)8-10-16;1-4-5-9(3)14-7-6-8(2)10(11,12)13/h7-13,15,23H,4-6H2,1-3H3;6-7H,2,4-5H2,1,3H3/b;7-6-,14-9?. The van der Waals surface area contributed by atoms with Crippen LogP contribution >= 0.6 is 15.9 Å². The first-order chi connectivity index (χ1) is 17.5. The lowest BCUT2D eigenvalue weighted by molar-refractivity contribution is -0.0878. The average Bonchev–Trinajstić information content (AvgIpc) is 3.20. The zero-order valence-corrected chi connectivity index (χ0v) is 24.1. The number of rotatable bonds is 9. The lowest BCUT2D eigenvalue weighted by Crippen LogP contribution is -2.08. The van der Waals surface area contributed by atoms with E-state index in [1.165, 1.54) is 46.1 Å². The molecule has 2 aromatic carbocycles. The molecular formula is C31H38BrF3N2. The first-order valence-electron chi connectivity index (χ1n) is 12.8. The molecule has 1 heterocycles. The van der Waals surface area contributed by atoms with E-state index in [1.807, 2.05) is 6.92 Å². The third-order valence-corrected chi connectivity index (χ3v) is 6.73. The second-order valence-corrected chi connectivity index (χ2v) is 10.3. The van der Waals surface area contributed by atoms with Crippen molar-refractivity contribution in [1.29, 1.82) is 0 Å². The number of allylic oxidation sites excluding steroid dienone is 2. The van der Waals surface area contributed by atoms with Crippen molar-refractivity contribution in [3.63, 3.8) is 0 Å². The Morgan fingerprint density at radius 3 is 2.38 bits per heavy atom. The predicted molar refractivity (Wildman–Crippen MR) is 156 cm³/mol. The lowest BCUT2D eigenvalue weighted by Gasteiger charge is -2.14. The van der Waals surface area contributed by atoms with Crippen LogP contribution in [0.1, 0.15) is 81.7 Å². The van der Waals surface area contributed by atoms with Gasteiger partial charge < -0.3 is 4.98 Å². The van der Waals surface area contributed by atoms with Crippen molar-refractivity contribution in [2.24, 2.45) is 4.99 Å². The van der Waals surface area contributed by atoms with E-state index in [0.29, 0.717) is 5.92 Å². The number of H-pyrrole nitrogens is 1. The highest BCUT2D eigenvalue weighted by Gasteiger charge is 2.29. The van der Waals surface area contributed by atoms with Gasteiger partial charge in [0.25, 0.3) is 0 Å². The molecule has 1 N–H and O–H groups in total. The fourth-order valence-corrected chi connectivity index (χ4v) is 4.39. The zero-order valence-electron chi connectivity index (χ0n) is 22.5. The van der Waals surface area contributed by atoms with Crippen LogP contribution in [0.5, 0.6) is 0 Å². The molecule has 1 unspecified atom stereocenters. The van der Waals surface area contributed by atoms with E-state index in [1.54, 1.807) is 6.92 Å². The number of aliphatic imine (C=N–C) groups is 1. The summed E-state index contributed by atoms with van der Waals surface area (Å²) in [6.45, 7) is 13.4. The molecule has 37 heavy (non-hydrogen) atoms. The molecule has 0 saturated heterocycles. The van der Waals surface area contributed by atoms with Gasteiger partial charge in [-0.25, -0.2) is 0 Å². The van der Waals surface area contributed by atoms with Crippen molar-refractivity contribution in [2.45, 2.75) is 78.8 Å². The normalized spacial score (nSPS) is 13.1. The minimum absolute atomic E-state index is 0.383. The third kappa shape index (κ3) is 9.33. The summed E-state index contributed by atoms with van der Waals surface area (Å²) in [5, 5.41) is 1.36. The van der Waals surface area contributed by atoms with Crippen molar-refractivity contribution in [2.75, 3.05) is 0 Å². The molecule has 0 fully saturated rings. The minimum Gasteiger partial charge on any atom is -0.358 e. The van der Waals surface area contributed by atoms with Gasteiger partial charge in [0.1, 0.15) is 0 Å². The number of aromatic amines is 1. The van der Waals surface area contributed by atoms with Crippen LogP contribution in [-0.2, 0) is 6.42 Å². The lowest BCUT2D eigenvalue weighted by atomic mass is 9.92. The van der Waals surface area contributed by atoms with E-state index in [-0.39, 0.29) is 0 Å². The predicted octanol–water partition coefficient (Wildman–Crippen LogP) is 10.6. The highest BCUT2D eigenvalue weighted by atomic mass is 79.9. The smallest absolute Gasteiger partial charge is 0.358 e. The van der Waals surface area contributed by atoms with E-state index >= 15 is 0 Å². The van der Waals surface area contributed by atoms with Gasteiger partial charge in [0.15, 0.2) is 0 Å².